The summed E-state index contributed by atoms with van der Waals surface area (Å²) in [5.74, 6) is 0.842. The molecule has 0 bridgehead atoms. The quantitative estimate of drug-likeness (QED) is 0.784. The van der Waals surface area contributed by atoms with Gasteiger partial charge in [-0.3, -0.25) is 4.21 Å². The molecule has 1 fully saturated rings. The van der Waals surface area contributed by atoms with Gasteiger partial charge in [0.15, 0.2) is 0 Å². The van der Waals surface area contributed by atoms with Gasteiger partial charge in [0.05, 0.1) is 0 Å². The summed E-state index contributed by atoms with van der Waals surface area (Å²) in [5.41, 5.74) is 1.31. The molecule has 1 aliphatic carbocycles. The monoisotopic (exact) mass is 236 g/mol. The van der Waals surface area contributed by atoms with Gasteiger partial charge in [-0.15, -0.1) is 0 Å². The predicted octanol–water partition coefficient (Wildman–Crippen LogP) is 3.31. The molecule has 0 saturated heterocycles. The molecule has 0 heterocycles. The molecule has 1 aromatic rings. The van der Waals surface area contributed by atoms with Gasteiger partial charge in [-0.2, -0.15) is 0 Å². The number of hydrogen-bond acceptors (Lipinski definition) is 1. The molecule has 0 aromatic heterocycles. The van der Waals surface area contributed by atoms with Gasteiger partial charge in [0, 0.05) is 21.8 Å². The summed E-state index contributed by atoms with van der Waals surface area (Å²) in [4.78, 5) is 0. The lowest BCUT2D eigenvalue weighted by molar-refractivity contribution is 0.504. The van der Waals surface area contributed by atoms with Crippen molar-refractivity contribution in [3.8, 4) is 0 Å². The minimum atomic E-state index is -0.607. The second kappa shape index (κ2) is 6.19. The lowest BCUT2D eigenvalue weighted by Gasteiger charge is -2.20. The zero-order chi connectivity index (χ0) is 11.2. The lowest BCUT2D eigenvalue weighted by atomic mass is 10.0. The standard InChI is InChI=1S/C14H20OS/c15-16(14-9-5-2-6-10-14)12-11-13-7-3-1-4-8-13/h1,3-4,7-8,14H,2,5-6,9-12H2. The van der Waals surface area contributed by atoms with Gasteiger partial charge in [-0.25, -0.2) is 0 Å². The summed E-state index contributed by atoms with van der Waals surface area (Å²) in [7, 11) is -0.607. The molecular formula is C14H20OS. The van der Waals surface area contributed by atoms with Crippen LogP contribution in [0, 0.1) is 0 Å². The van der Waals surface area contributed by atoms with E-state index in [1.165, 1.54) is 37.7 Å². The van der Waals surface area contributed by atoms with Gasteiger partial charge in [0.25, 0.3) is 0 Å². The summed E-state index contributed by atoms with van der Waals surface area (Å²) in [6.07, 6.45) is 7.22. The molecule has 0 aliphatic heterocycles. The molecule has 0 radical (unpaired) electrons. The minimum Gasteiger partial charge on any atom is -0.259 e. The molecule has 1 atom stereocenters. The van der Waals surface area contributed by atoms with Crippen molar-refractivity contribution in [1.29, 1.82) is 0 Å². The van der Waals surface area contributed by atoms with Gasteiger partial charge in [-0.1, -0.05) is 49.6 Å². The van der Waals surface area contributed by atoms with Crippen molar-refractivity contribution < 1.29 is 4.21 Å². The van der Waals surface area contributed by atoms with Crippen LogP contribution in [0.15, 0.2) is 30.3 Å². The van der Waals surface area contributed by atoms with E-state index in [-0.39, 0.29) is 0 Å². The fraction of sp³-hybridized carbons (Fsp3) is 0.571. The van der Waals surface area contributed by atoms with Crippen LogP contribution < -0.4 is 0 Å². The molecule has 0 amide bonds. The van der Waals surface area contributed by atoms with Crippen LogP contribution in [0.25, 0.3) is 0 Å². The van der Waals surface area contributed by atoms with E-state index < -0.39 is 10.8 Å². The molecule has 1 saturated carbocycles. The Hall–Kier alpha value is -0.630. The number of aryl methyl sites for hydroxylation is 1. The fourth-order valence-electron chi connectivity index (χ4n) is 2.36. The Kier molecular flexibility index (Phi) is 4.58. The Bertz CT molecular complexity index is 328. The Labute approximate surface area is 101 Å². The van der Waals surface area contributed by atoms with Crippen molar-refractivity contribution in [2.24, 2.45) is 0 Å². The first kappa shape index (κ1) is 11.8. The SMILES string of the molecule is O=S(CCc1ccccc1)C1CCCCC1. The minimum absolute atomic E-state index is 0.484. The zero-order valence-electron chi connectivity index (χ0n) is 9.73. The van der Waals surface area contributed by atoms with Crippen molar-refractivity contribution in [1.82, 2.24) is 0 Å². The van der Waals surface area contributed by atoms with Gasteiger partial charge in [0.2, 0.25) is 0 Å². The molecule has 1 unspecified atom stereocenters. The van der Waals surface area contributed by atoms with Crippen LogP contribution in [0.1, 0.15) is 37.7 Å². The molecule has 16 heavy (non-hydrogen) atoms. The Morgan fingerprint density at radius 1 is 1.06 bits per heavy atom. The summed E-state index contributed by atoms with van der Waals surface area (Å²) in [5, 5.41) is 0.484. The Morgan fingerprint density at radius 2 is 1.75 bits per heavy atom. The molecule has 2 rings (SSSR count). The first-order valence-corrected chi connectivity index (χ1v) is 7.65. The maximum atomic E-state index is 12.1. The van der Waals surface area contributed by atoms with E-state index in [1.54, 1.807) is 0 Å². The van der Waals surface area contributed by atoms with Crippen LogP contribution in [-0.2, 0) is 17.2 Å². The molecule has 1 nitrogen and oxygen atoms in total. The molecule has 88 valence electrons. The van der Waals surface area contributed by atoms with Crippen LogP contribution in [0.2, 0.25) is 0 Å². The zero-order valence-corrected chi connectivity index (χ0v) is 10.5. The van der Waals surface area contributed by atoms with E-state index >= 15 is 0 Å². The third-order valence-electron chi connectivity index (χ3n) is 3.36. The average molecular weight is 236 g/mol. The van der Waals surface area contributed by atoms with Crippen molar-refractivity contribution in [3.63, 3.8) is 0 Å². The van der Waals surface area contributed by atoms with Crippen molar-refractivity contribution in [2.75, 3.05) is 5.75 Å². The normalized spacial score (nSPS) is 19.5. The van der Waals surface area contributed by atoms with Gasteiger partial charge in [-0.05, 0) is 24.8 Å². The third kappa shape index (κ3) is 3.44. The largest absolute Gasteiger partial charge is 0.259 e. The van der Waals surface area contributed by atoms with E-state index in [9.17, 15) is 4.21 Å². The molecule has 0 spiro atoms. The number of hydrogen-bond donors (Lipinski definition) is 0. The van der Waals surface area contributed by atoms with Crippen molar-refractivity contribution in [3.05, 3.63) is 35.9 Å². The Balaban J connectivity index is 1.79. The highest BCUT2D eigenvalue weighted by molar-refractivity contribution is 7.85. The summed E-state index contributed by atoms with van der Waals surface area (Å²) in [6.45, 7) is 0. The van der Waals surface area contributed by atoms with Crippen LogP contribution >= 0.6 is 0 Å². The van der Waals surface area contributed by atoms with E-state index in [0.717, 1.165) is 12.2 Å². The number of benzene rings is 1. The molecule has 0 N–H and O–H groups in total. The molecule has 2 heteroatoms. The van der Waals surface area contributed by atoms with Crippen molar-refractivity contribution in [2.45, 2.75) is 43.8 Å². The van der Waals surface area contributed by atoms with Crippen molar-refractivity contribution >= 4 is 10.8 Å². The lowest BCUT2D eigenvalue weighted by Crippen LogP contribution is -2.21. The predicted molar refractivity (Wildman–Crippen MR) is 70.0 cm³/mol. The third-order valence-corrected chi connectivity index (χ3v) is 5.18. The smallest absolute Gasteiger partial charge is 0.0348 e. The highest BCUT2D eigenvalue weighted by atomic mass is 32.2. The average Bonchev–Trinajstić information content (AvgIpc) is 2.38. The first-order valence-electron chi connectivity index (χ1n) is 6.27. The number of rotatable bonds is 4. The second-order valence-corrected chi connectivity index (χ2v) is 6.42. The van der Waals surface area contributed by atoms with E-state index in [4.69, 9.17) is 0 Å². The highest BCUT2D eigenvalue weighted by Gasteiger charge is 2.19. The molecule has 1 aromatic carbocycles. The van der Waals surface area contributed by atoms with E-state index in [2.05, 4.69) is 24.3 Å². The Morgan fingerprint density at radius 3 is 2.44 bits per heavy atom. The molecule has 1 aliphatic rings. The molecular weight excluding hydrogens is 216 g/mol. The van der Waals surface area contributed by atoms with Gasteiger partial charge >= 0.3 is 0 Å². The second-order valence-electron chi connectivity index (χ2n) is 4.58. The van der Waals surface area contributed by atoms with Gasteiger partial charge < -0.3 is 0 Å². The maximum absolute atomic E-state index is 12.1. The van der Waals surface area contributed by atoms with Crippen LogP contribution in [0.3, 0.4) is 0 Å². The van der Waals surface area contributed by atoms with Crippen LogP contribution in [-0.4, -0.2) is 15.2 Å². The van der Waals surface area contributed by atoms with Gasteiger partial charge in [0.1, 0.15) is 0 Å². The summed E-state index contributed by atoms with van der Waals surface area (Å²) in [6, 6.07) is 10.4. The summed E-state index contributed by atoms with van der Waals surface area (Å²) >= 11 is 0. The van der Waals surface area contributed by atoms with E-state index in [1.807, 2.05) is 6.07 Å². The van der Waals surface area contributed by atoms with E-state index in [0.29, 0.717) is 5.25 Å². The topological polar surface area (TPSA) is 17.1 Å². The first-order chi connectivity index (χ1) is 7.86. The van der Waals surface area contributed by atoms with Crippen LogP contribution in [0.5, 0.6) is 0 Å². The van der Waals surface area contributed by atoms with Crippen LogP contribution in [0.4, 0.5) is 0 Å². The fourth-order valence-corrected chi connectivity index (χ4v) is 3.99. The summed E-state index contributed by atoms with van der Waals surface area (Å²) < 4.78 is 12.1. The maximum Gasteiger partial charge on any atom is 0.0348 e. The highest BCUT2D eigenvalue weighted by Crippen LogP contribution is 2.22.